The summed E-state index contributed by atoms with van der Waals surface area (Å²) in [7, 11) is 0. The first kappa shape index (κ1) is 15.3. The number of non-ortho nitro benzene ring substituents is 1. The second-order valence-corrected chi connectivity index (χ2v) is 4.96. The van der Waals surface area contributed by atoms with E-state index in [0.29, 0.717) is 5.92 Å². The minimum absolute atomic E-state index is 0.135. The van der Waals surface area contributed by atoms with Crippen molar-refractivity contribution in [2.75, 3.05) is 29.9 Å². The summed E-state index contributed by atoms with van der Waals surface area (Å²) in [5, 5.41) is 14.1. The molecule has 1 rings (SSSR count). The lowest BCUT2D eigenvalue weighted by Crippen LogP contribution is -2.27. The van der Waals surface area contributed by atoms with Crippen molar-refractivity contribution in [1.82, 2.24) is 0 Å². The van der Waals surface area contributed by atoms with E-state index in [0.717, 1.165) is 31.0 Å². The Hall–Kier alpha value is -1.78. The molecule has 0 heterocycles. The van der Waals surface area contributed by atoms with Gasteiger partial charge in [-0.1, -0.05) is 13.8 Å². The third-order valence-corrected chi connectivity index (χ3v) is 2.83. The minimum atomic E-state index is -0.340. The van der Waals surface area contributed by atoms with Gasteiger partial charge in [0.1, 0.15) is 0 Å². The van der Waals surface area contributed by atoms with E-state index in [1.807, 2.05) is 13.0 Å². The van der Waals surface area contributed by atoms with Gasteiger partial charge in [-0.25, -0.2) is 0 Å². The van der Waals surface area contributed by atoms with E-state index < -0.39 is 0 Å². The maximum atomic E-state index is 11.0. The van der Waals surface area contributed by atoms with Crippen LogP contribution in [-0.2, 0) is 0 Å². The Bertz CT molecular complexity index is 433. The molecular formula is C14H23N3O2. The summed E-state index contributed by atoms with van der Waals surface area (Å²) in [6.45, 7) is 10.8. The summed E-state index contributed by atoms with van der Waals surface area (Å²) in [4.78, 5) is 12.8. The molecule has 1 aromatic rings. The van der Waals surface area contributed by atoms with Crippen LogP contribution in [0.5, 0.6) is 0 Å². The molecule has 0 radical (unpaired) electrons. The molecule has 1 N–H and O–H groups in total. The van der Waals surface area contributed by atoms with E-state index in [1.165, 1.54) is 0 Å². The van der Waals surface area contributed by atoms with Gasteiger partial charge in [-0.15, -0.1) is 0 Å². The van der Waals surface area contributed by atoms with Crippen LogP contribution in [0.4, 0.5) is 17.1 Å². The molecule has 0 aliphatic heterocycles. The summed E-state index contributed by atoms with van der Waals surface area (Å²) >= 11 is 0. The lowest BCUT2D eigenvalue weighted by molar-refractivity contribution is -0.384. The standard InChI is InChI=1S/C14H23N3O2/c1-5-15-12-7-13(9-14(8-12)17(18)19)16(6-2)10-11(3)4/h7-9,11,15H,5-6,10H2,1-4H3. The van der Waals surface area contributed by atoms with Gasteiger partial charge in [0.15, 0.2) is 0 Å². The van der Waals surface area contributed by atoms with Crippen LogP contribution in [0.2, 0.25) is 0 Å². The number of nitro groups is 1. The number of benzene rings is 1. The van der Waals surface area contributed by atoms with E-state index in [9.17, 15) is 10.1 Å². The predicted octanol–water partition coefficient (Wildman–Crippen LogP) is 3.51. The number of nitrogens with zero attached hydrogens (tertiary/aromatic N) is 2. The zero-order chi connectivity index (χ0) is 14.4. The third kappa shape index (κ3) is 4.43. The fourth-order valence-corrected chi connectivity index (χ4v) is 2.05. The highest BCUT2D eigenvalue weighted by Gasteiger charge is 2.14. The van der Waals surface area contributed by atoms with Crippen LogP contribution in [0.3, 0.4) is 0 Å². The van der Waals surface area contributed by atoms with Gasteiger partial charge < -0.3 is 10.2 Å². The fraction of sp³-hybridized carbons (Fsp3) is 0.571. The lowest BCUT2D eigenvalue weighted by Gasteiger charge is -2.25. The van der Waals surface area contributed by atoms with Gasteiger partial charge in [0.05, 0.1) is 4.92 Å². The van der Waals surface area contributed by atoms with Crippen molar-refractivity contribution in [3.63, 3.8) is 0 Å². The van der Waals surface area contributed by atoms with Gasteiger partial charge in [0.25, 0.3) is 5.69 Å². The monoisotopic (exact) mass is 265 g/mol. The highest BCUT2D eigenvalue weighted by molar-refractivity contribution is 5.64. The summed E-state index contributed by atoms with van der Waals surface area (Å²) in [6, 6.07) is 5.20. The second-order valence-electron chi connectivity index (χ2n) is 4.96. The van der Waals surface area contributed by atoms with Crippen molar-refractivity contribution in [3.8, 4) is 0 Å². The Morgan fingerprint density at radius 1 is 1.32 bits per heavy atom. The Kier molecular flexibility index (Phi) is 5.60. The molecule has 0 amide bonds. The molecule has 5 nitrogen and oxygen atoms in total. The summed E-state index contributed by atoms with van der Waals surface area (Å²) < 4.78 is 0. The molecule has 0 aliphatic rings. The summed E-state index contributed by atoms with van der Waals surface area (Å²) in [6.07, 6.45) is 0. The van der Waals surface area contributed by atoms with Crippen molar-refractivity contribution in [2.24, 2.45) is 5.92 Å². The molecule has 0 spiro atoms. The number of anilines is 2. The minimum Gasteiger partial charge on any atom is -0.385 e. The zero-order valence-electron chi connectivity index (χ0n) is 12.1. The molecular weight excluding hydrogens is 242 g/mol. The normalized spacial score (nSPS) is 10.6. The molecule has 0 aliphatic carbocycles. The van der Waals surface area contributed by atoms with E-state index >= 15 is 0 Å². The van der Waals surface area contributed by atoms with E-state index in [-0.39, 0.29) is 10.6 Å². The Morgan fingerprint density at radius 3 is 2.47 bits per heavy atom. The quantitative estimate of drug-likeness (QED) is 0.605. The average molecular weight is 265 g/mol. The molecule has 0 saturated heterocycles. The molecule has 106 valence electrons. The Labute approximate surface area is 114 Å². The van der Waals surface area contributed by atoms with Crippen molar-refractivity contribution in [1.29, 1.82) is 0 Å². The SMILES string of the molecule is CCNc1cc(N(CC)CC(C)C)cc([N+](=O)[O-])c1. The smallest absolute Gasteiger partial charge is 0.273 e. The third-order valence-electron chi connectivity index (χ3n) is 2.83. The molecule has 0 bridgehead atoms. The summed E-state index contributed by atoms with van der Waals surface area (Å²) in [5.41, 5.74) is 1.84. The van der Waals surface area contributed by atoms with Crippen molar-refractivity contribution >= 4 is 17.1 Å². The first-order valence-corrected chi connectivity index (χ1v) is 6.76. The van der Waals surface area contributed by atoms with Crippen LogP contribution >= 0.6 is 0 Å². The molecule has 0 aromatic heterocycles. The van der Waals surface area contributed by atoms with Gasteiger partial charge in [0, 0.05) is 43.1 Å². The maximum Gasteiger partial charge on any atom is 0.273 e. The van der Waals surface area contributed by atoms with Gasteiger partial charge in [-0.2, -0.15) is 0 Å². The highest BCUT2D eigenvalue weighted by atomic mass is 16.6. The van der Waals surface area contributed by atoms with Crippen LogP contribution in [-0.4, -0.2) is 24.6 Å². The van der Waals surface area contributed by atoms with Crippen molar-refractivity contribution in [2.45, 2.75) is 27.7 Å². The van der Waals surface area contributed by atoms with Crippen molar-refractivity contribution < 1.29 is 4.92 Å². The molecule has 0 fully saturated rings. The topological polar surface area (TPSA) is 58.4 Å². The highest BCUT2D eigenvalue weighted by Crippen LogP contribution is 2.27. The average Bonchev–Trinajstić information content (AvgIpc) is 2.35. The van der Waals surface area contributed by atoms with Gasteiger partial charge in [-0.05, 0) is 25.8 Å². The second kappa shape index (κ2) is 6.97. The Balaban J connectivity index is 3.12. The van der Waals surface area contributed by atoms with Crippen LogP contribution in [0.1, 0.15) is 27.7 Å². The van der Waals surface area contributed by atoms with Crippen LogP contribution < -0.4 is 10.2 Å². The molecule has 5 heteroatoms. The zero-order valence-corrected chi connectivity index (χ0v) is 12.1. The predicted molar refractivity (Wildman–Crippen MR) is 80.0 cm³/mol. The fourth-order valence-electron chi connectivity index (χ4n) is 2.05. The van der Waals surface area contributed by atoms with Crippen molar-refractivity contribution in [3.05, 3.63) is 28.3 Å². The molecule has 0 atom stereocenters. The van der Waals surface area contributed by atoms with Crippen LogP contribution in [0, 0.1) is 16.0 Å². The Morgan fingerprint density at radius 2 is 2.00 bits per heavy atom. The summed E-state index contributed by atoms with van der Waals surface area (Å²) in [5.74, 6) is 0.516. The molecule has 0 saturated carbocycles. The van der Waals surface area contributed by atoms with Gasteiger partial charge in [-0.3, -0.25) is 10.1 Å². The molecule has 19 heavy (non-hydrogen) atoms. The number of nitro benzene ring substituents is 1. The lowest BCUT2D eigenvalue weighted by atomic mass is 10.1. The van der Waals surface area contributed by atoms with Gasteiger partial charge in [0.2, 0.25) is 0 Å². The molecule has 0 unspecified atom stereocenters. The molecule has 1 aromatic carbocycles. The number of hydrogen-bond donors (Lipinski definition) is 1. The van der Waals surface area contributed by atoms with Crippen LogP contribution in [0.25, 0.3) is 0 Å². The first-order valence-electron chi connectivity index (χ1n) is 6.76. The maximum absolute atomic E-state index is 11.0. The number of hydrogen-bond acceptors (Lipinski definition) is 4. The largest absolute Gasteiger partial charge is 0.385 e. The van der Waals surface area contributed by atoms with E-state index in [2.05, 4.69) is 31.0 Å². The number of nitrogens with one attached hydrogen (secondary N) is 1. The number of rotatable bonds is 7. The van der Waals surface area contributed by atoms with Crippen LogP contribution in [0.15, 0.2) is 18.2 Å². The first-order chi connectivity index (χ1) is 8.97. The van der Waals surface area contributed by atoms with E-state index in [1.54, 1.807) is 12.1 Å². The van der Waals surface area contributed by atoms with E-state index in [4.69, 9.17) is 0 Å². The van der Waals surface area contributed by atoms with Gasteiger partial charge >= 0.3 is 0 Å².